The van der Waals surface area contributed by atoms with Gasteiger partial charge in [0.25, 0.3) is 6.02 Å². The van der Waals surface area contributed by atoms with Gasteiger partial charge in [-0.1, -0.05) is 31.2 Å². The number of benzene rings is 1. The predicted molar refractivity (Wildman–Crippen MR) is 139 cm³/mol. The number of aromatic nitrogens is 2. The normalized spacial score (nSPS) is 16.7. The van der Waals surface area contributed by atoms with Gasteiger partial charge in [-0.05, 0) is 25.0 Å². The van der Waals surface area contributed by atoms with Crippen molar-refractivity contribution in [2.45, 2.75) is 45.3 Å². The first-order chi connectivity index (χ1) is 17.1. The van der Waals surface area contributed by atoms with Gasteiger partial charge in [-0.2, -0.15) is 0 Å². The number of pyridine rings is 1. The fourth-order valence-corrected chi connectivity index (χ4v) is 4.99. The molecule has 5 rings (SSSR count). The number of ether oxygens (including phenoxy) is 3. The smallest absolute Gasteiger partial charge is 0.289 e. The average Bonchev–Trinajstić information content (AvgIpc) is 3.49. The molecule has 0 bridgehead atoms. The second kappa shape index (κ2) is 9.64. The van der Waals surface area contributed by atoms with Gasteiger partial charge < -0.3 is 24.1 Å². The van der Waals surface area contributed by atoms with E-state index in [1.807, 2.05) is 0 Å². The third-order valence-corrected chi connectivity index (χ3v) is 8.38. The molecule has 1 N–H and O–H groups in total. The van der Waals surface area contributed by atoms with Gasteiger partial charge in [-0.25, -0.2) is 18.8 Å². The van der Waals surface area contributed by atoms with Crippen LogP contribution in [0.5, 0.6) is 11.5 Å². The van der Waals surface area contributed by atoms with Crippen molar-refractivity contribution in [2.24, 2.45) is 10.4 Å². The van der Waals surface area contributed by atoms with E-state index >= 15 is 0 Å². The van der Waals surface area contributed by atoms with Gasteiger partial charge in [0.05, 0.1) is 23.6 Å². The molecular weight excluding hydrogens is 506 g/mol. The first-order valence-corrected chi connectivity index (χ1v) is 16.0. The Morgan fingerprint density at radius 2 is 1.97 bits per heavy atom. The molecule has 2 aromatic heterocycles. The summed E-state index contributed by atoms with van der Waals surface area (Å²) in [6.45, 7) is 8.97. The number of nitrogens with one attached hydrogen (secondary N) is 1. The highest BCUT2D eigenvalue weighted by Gasteiger charge is 2.45. The molecule has 2 aliphatic rings. The van der Waals surface area contributed by atoms with Gasteiger partial charge in [-0.3, -0.25) is 0 Å². The van der Waals surface area contributed by atoms with Gasteiger partial charge in [0, 0.05) is 50.3 Å². The number of hydrogen-bond acceptors (Lipinski definition) is 6. The predicted octanol–water partition coefficient (Wildman–Crippen LogP) is 6.65. The molecule has 0 radical (unpaired) electrons. The Labute approximate surface area is 214 Å². The standard InChI is InChI=1S/C25H29ClF2N4O3Si/c1-36(2,3)9-8-33-15-32-12-17(26)21-20(4-7-29-23(21)32)35-22-18(27)10-16(11-19(22)28)31-24-30-13-25(5-6-25)14-34-24/h4,7,10-12H,5-6,8-9,13-15H2,1-3H3,(H,30,31). The lowest BCUT2D eigenvalue weighted by Crippen LogP contribution is -2.29. The highest BCUT2D eigenvalue weighted by molar-refractivity contribution is 6.76. The van der Waals surface area contributed by atoms with E-state index in [2.05, 4.69) is 34.9 Å². The summed E-state index contributed by atoms with van der Waals surface area (Å²) in [6.07, 6.45) is 5.38. The van der Waals surface area contributed by atoms with Crippen molar-refractivity contribution in [2.75, 3.05) is 25.1 Å². The molecule has 192 valence electrons. The minimum Gasteiger partial charge on any atom is -0.464 e. The number of hydrogen-bond donors (Lipinski definition) is 1. The minimum absolute atomic E-state index is 0.162. The van der Waals surface area contributed by atoms with E-state index in [1.165, 1.54) is 12.3 Å². The van der Waals surface area contributed by atoms with Crippen LogP contribution in [-0.4, -0.2) is 43.4 Å². The van der Waals surface area contributed by atoms with Crippen LogP contribution in [-0.2, 0) is 16.2 Å². The Bertz CT molecular complexity index is 1300. The van der Waals surface area contributed by atoms with E-state index in [-0.39, 0.29) is 29.6 Å². The molecule has 1 aromatic carbocycles. The van der Waals surface area contributed by atoms with Crippen LogP contribution in [0.1, 0.15) is 12.8 Å². The number of nitrogens with zero attached hydrogens (tertiary/aromatic N) is 3. The fraction of sp³-hybridized carbons (Fsp3) is 0.440. The Morgan fingerprint density at radius 3 is 2.61 bits per heavy atom. The Kier molecular flexibility index (Phi) is 6.69. The summed E-state index contributed by atoms with van der Waals surface area (Å²) in [6, 6.07) is 5.10. The highest BCUT2D eigenvalue weighted by atomic mass is 35.5. The highest BCUT2D eigenvalue weighted by Crippen LogP contribution is 2.47. The van der Waals surface area contributed by atoms with Crippen LogP contribution in [0.15, 0.2) is 35.6 Å². The van der Waals surface area contributed by atoms with Gasteiger partial charge >= 0.3 is 0 Å². The van der Waals surface area contributed by atoms with Crippen LogP contribution < -0.4 is 10.1 Å². The maximum Gasteiger partial charge on any atom is 0.289 e. The van der Waals surface area contributed by atoms with E-state index in [9.17, 15) is 8.78 Å². The second-order valence-electron chi connectivity index (χ2n) is 10.7. The maximum atomic E-state index is 14.9. The summed E-state index contributed by atoms with van der Waals surface area (Å²) < 4.78 is 48.7. The van der Waals surface area contributed by atoms with Crippen molar-refractivity contribution in [1.29, 1.82) is 0 Å². The number of amidine groups is 1. The first kappa shape index (κ1) is 25.0. The molecule has 3 aromatic rings. The van der Waals surface area contributed by atoms with Gasteiger partial charge in [-0.15, -0.1) is 0 Å². The molecule has 0 unspecified atom stereocenters. The van der Waals surface area contributed by atoms with Crippen LogP contribution in [0.2, 0.25) is 30.7 Å². The molecular formula is C25H29ClF2N4O3Si. The van der Waals surface area contributed by atoms with E-state index in [1.54, 1.807) is 10.8 Å². The maximum absolute atomic E-state index is 14.9. The summed E-state index contributed by atoms with van der Waals surface area (Å²) in [7, 11) is -1.21. The third kappa shape index (κ3) is 5.50. The van der Waals surface area contributed by atoms with Gasteiger partial charge in [0.15, 0.2) is 17.4 Å². The zero-order chi connectivity index (χ0) is 25.5. The number of anilines is 1. The van der Waals surface area contributed by atoms with Crippen LogP contribution in [0, 0.1) is 17.0 Å². The summed E-state index contributed by atoms with van der Waals surface area (Å²) >= 11 is 6.46. The van der Waals surface area contributed by atoms with Crippen molar-refractivity contribution >= 4 is 42.4 Å². The second-order valence-corrected chi connectivity index (χ2v) is 16.7. The lowest BCUT2D eigenvalue weighted by atomic mass is 10.1. The lowest BCUT2D eigenvalue weighted by Gasteiger charge is -2.22. The first-order valence-electron chi connectivity index (χ1n) is 11.9. The van der Waals surface area contributed by atoms with Crippen LogP contribution in [0.4, 0.5) is 14.5 Å². The molecule has 1 aliphatic carbocycles. The summed E-state index contributed by atoms with van der Waals surface area (Å²) in [5, 5.41) is 3.64. The number of fused-ring (bicyclic) bond motifs is 1. The Hall–Kier alpha value is -2.69. The van der Waals surface area contributed by atoms with E-state index < -0.39 is 25.5 Å². The molecule has 7 nitrogen and oxygen atoms in total. The van der Waals surface area contributed by atoms with Crippen molar-refractivity contribution in [1.82, 2.24) is 9.55 Å². The number of aliphatic imine (C=N–C) groups is 1. The fourth-order valence-electron chi connectivity index (χ4n) is 3.93. The molecule has 0 amide bonds. The van der Waals surface area contributed by atoms with E-state index in [0.29, 0.717) is 35.8 Å². The zero-order valence-electron chi connectivity index (χ0n) is 20.5. The molecule has 0 atom stereocenters. The average molecular weight is 535 g/mol. The Balaban J connectivity index is 1.32. The quantitative estimate of drug-likeness (QED) is 0.259. The van der Waals surface area contributed by atoms with Crippen LogP contribution >= 0.6 is 11.6 Å². The Morgan fingerprint density at radius 1 is 1.22 bits per heavy atom. The zero-order valence-corrected chi connectivity index (χ0v) is 22.3. The molecule has 1 spiro atoms. The molecule has 36 heavy (non-hydrogen) atoms. The molecule has 1 fully saturated rings. The van der Waals surface area contributed by atoms with Crippen LogP contribution in [0.3, 0.4) is 0 Å². The molecule has 1 aliphatic heterocycles. The molecule has 1 saturated carbocycles. The monoisotopic (exact) mass is 534 g/mol. The minimum atomic E-state index is -1.21. The summed E-state index contributed by atoms with van der Waals surface area (Å²) in [4.78, 5) is 8.72. The summed E-state index contributed by atoms with van der Waals surface area (Å²) in [5.74, 6) is -2.09. The van der Waals surface area contributed by atoms with E-state index in [0.717, 1.165) is 31.0 Å². The van der Waals surface area contributed by atoms with Crippen molar-refractivity contribution in [3.8, 4) is 11.5 Å². The molecule has 11 heteroatoms. The number of rotatable bonds is 8. The SMILES string of the molecule is C[Si](C)(C)CCOCn1cc(Cl)c2c(Oc3c(F)cc(NC4=NCC5(CC5)CO4)cc3F)ccnc21. The van der Waals surface area contributed by atoms with Crippen molar-refractivity contribution in [3.63, 3.8) is 0 Å². The molecule has 0 saturated heterocycles. The van der Waals surface area contributed by atoms with Gasteiger partial charge in [0.2, 0.25) is 0 Å². The number of halogens is 3. The summed E-state index contributed by atoms with van der Waals surface area (Å²) in [5.41, 5.74) is 0.850. The largest absolute Gasteiger partial charge is 0.464 e. The lowest BCUT2D eigenvalue weighted by molar-refractivity contribution is 0.0899. The van der Waals surface area contributed by atoms with Crippen molar-refractivity contribution in [3.05, 3.63) is 47.2 Å². The van der Waals surface area contributed by atoms with Crippen LogP contribution in [0.25, 0.3) is 11.0 Å². The molecule has 3 heterocycles. The third-order valence-electron chi connectivity index (χ3n) is 6.39. The topological polar surface area (TPSA) is 69.9 Å². The van der Waals surface area contributed by atoms with Gasteiger partial charge in [0.1, 0.15) is 18.1 Å². The van der Waals surface area contributed by atoms with Crippen molar-refractivity contribution < 1.29 is 23.0 Å². The van der Waals surface area contributed by atoms with E-state index in [4.69, 9.17) is 25.8 Å².